The van der Waals surface area contributed by atoms with E-state index in [4.69, 9.17) is 0 Å². The molecule has 0 saturated carbocycles. The fourth-order valence-corrected chi connectivity index (χ4v) is 6.43. The van der Waals surface area contributed by atoms with Crippen molar-refractivity contribution in [2.75, 3.05) is 6.54 Å². The summed E-state index contributed by atoms with van der Waals surface area (Å²) < 4.78 is 28.2. The Morgan fingerprint density at radius 1 is 1.36 bits per heavy atom. The molecule has 1 aliphatic heterocycles. The fourth-order valence-electron chi connectivity index (χ4n) is 2.91. The van der Waals surface area contributed by atoms with E-state index in [1.54, 1.807) is 12.1 Å². The minimum absolute atomic E-state index is 0.241. The number of carbonyl (C=O) groups excluding carboxylic acids is 1. The van der Waals surface area contributed by atoms with Crippen LogP contribution in [0.5, 0.6) is 0 Å². The van der Waals surface area contributed by atoms with Gasteiger partial charge >= 0.3 is 0 Å². The Morgan fingerprint density at radius 2 is 2.16 bits per heavy atom. The van der Waals surface area contributed by atoms with E-state index in [-0.39, 0.29) is 5.91 Å². The summed E-state index contributed by atoms with van der Waals surface area (Å²) in [6.45, 7) is 2.63. The van der Waals surface area contributed by atoms with Crippen LogP contribution in [0.15, 0.2) is 45.1 Å². The lowest BCUT2D eigenvalue weighted by Crippen LogP contribution is -2.45. The summed E-state index contributed by atoms with van der Waals surface area (Å²) in [5.41, 5.74) is 0.962. The molecule has 1 N–H and O–H groups in total. The first-order chi connectivity index (χ1) is 11.9. The van der Waals surface area contributed by atoms with Gasteiger partial charge in [0, 0.05) is 22.4 Å². The van der Waals surface area contributed by atoms with E-state index in [2.05, 4.69) is 21.2 Å². The second-order valence-corrected chi connectivity index (χ2v) is 10.3. The van der Waals surface area contributed by atoms with Crippen molar-refractivity contribution in [1.29, 1.82) is 0 Å². The molecule has 1 fully saturated rings. The maximum atomic E-state index is 12.8. The normalized spacial score (nSPS) is 18.4. The lowest BCUT2D eigenvalue weighted by molar-refractivity contribution is -0.124. The van der Waals surface area contributed by atoms with Gasteiger partial charge in [0.15, 0.2) is 0 Å². The van der Waals surface area contributed by atoms with Crippen molar-refractivity contribution in [3.63, 3.8) is 0 Å². The van der Waals surface area contributed by atoms with Crippen LogP contribution >= 0.6 is 27.3 Å². The largest absolute Gasteiger partial charge is 0.351 e. The Morgan fingerprint density at radius 3 is 2.84 bits per heavy atom. The van der Waals surface area contributed by atoms with Crippen LogP contribution in [0, 0.1) is 6.92 Å². The van der Waals surface area contributed by atoms with Crippen molar-refractivity contribution >= 4 is 43.2 Å². The van der Waals surface area contributed by atoms with Crippen LogP contribution in [-0.4, -0.2) is 31.2 Å². The zero-order valence-electron chi connectivity index (χ0n) is 13.7. The van der Waals surface area contributed by atoms with Gasteiger partial charge in [-0.3, -0.25) is 4.79 Å². The standard InChI is InChI=1S/C17H19BrN2O3S2/c1-12-7-8-16(24-12)25(22,23)20-9-3-6-15(20)17(21)19-11-13-4-2-5-14(18)10-13/h2,4-5,7-8,10,15H,3,6,9,11H2,1H3,(H,19,21)/t15-/m1/s1. The average molecular weight is 443 g/mol. The summed E-state index contributed by atoms with van der Waals surface area (Å²) in [6, 6.07) is 10.4. The third-order valence-corrected chi connectivity index (χ3v) is 8.01. The summed E-state index contributed by atoms with van der Waals surface area (Å²) in [4.78, 5) is 13.5. The molecule has 134 valence electrons. The van der Waals surface area contributed by atoms with Crippen molar-refractivity contribution in [1.82, 2.24) is 9.62 Å². The second kappa shape index (κ2) is 7.57. The number of halogens is 1. The van der Waals surface area contributed by atoms with Gasteiger partial charge in [-0.25, -0.2) is 8.42 Å². The number of carbonyl (C=O) groups is 1. The first kappa shape index (κ1) is 18.6. The maximum Gasteiger partial charge on any atom is 0.253 e. The van der Waals surface area contributed by atoms with Crippen LogP contribution in [0.25, 0.3) is 0 Å². The summed E-state index contributed by atoms with van der Waals surface area (Å²) >= 11 is 4.64. The smallest absolute Gasteiger partial charge is 0.253 e. The number of hydrogen-bond donors (Lipinski definition) is 1. The van der Waals surface area contributed by atoms with Crippen molar-refractivity contribution < 1.29 is 13.2 Å². The number of aryl methyl sites for hydroxylation is 1. The van der Waals surface area contributed by atoms with E-state index in [0.717, 1.165) is 14.9 Å². The van der Waals surface area contributed by atoms with E-state index in [1.807, 2.05) is 31.2 Å². The predicted molar refractivity (Wildman–Crippen MR) is 102 cm³/mol. The highest BCUT2D eigenvalue weighted by molar-refractivity contribution is 9.10. The maximum absolute atomic E-state index is 12.8. The Hall–Kier alpha value is -1.22. The monoisotopic (exact) mass is 442 g/mol. The van der Waals surface area contributed by atoms with Gasteiger partial charge in [-0.15, -0.1) is 11.3 Å². The number of sulfonamides is 1. The number of rotatable bonds is 5. The molecule has 1 amide bonds. The summed E-state index contributed by atoms with van der Waals surface area (Å²) in [6.07, 6.45) is 1.24. The lowest BCUT2D eigenvalue weighted by Gasteiger charge is -2.22. The molecular weight excluding hydrogens is 424 g/mol. The number of hydrogen-bond acceptors (Lipinski definition) is 4. The number of nitrogens with one attached hydrogen (secondary N) is 1. The Kier molecular flexibility index (Phi) is 5.62. The molecule has 2 aromatic rings. The zero-order chi connectivity index (χ0) is 18.0. The third-order valence-electron chi connectivity index (χ3n) is 4.14. The van der Waals surface area contributed by atoms with E-state index >= 15 is 0 Å². The highest BCUT2D eigenvalue weighted by Gasteiger charge is 2.39. The molecular formula is C17H19BrN2O3S2. The molecule has 25 heavy (non-hydrogen) atoms. The van der Waals surface area contributed by atoms with Gasteiger partial charge in [0.1, 0.15) is 10.3 Å². The highest BCUT2D eigenvalue weighted by Crippen LogP contribution is 2.30. The van der Waals surface area contributed by atoms with Gasteiger partial charge in [0.2, 0.25) is 5.91 Å². The van der Waals surface area contributed by atoms with Gasteiger partial charge in [0.25, 0.3) is 10.0 Å². The zero-order valence-corrected chi connectivity index (χ0v) is 17.0. The lowest BCUT2D eigenvalue weighted by atomic mass is 10.2. The van der Waals surface area contributed by atoms with Gasteiger partial charge in [-0.1, -0.05) is 28.1 Å². The van der Waals surface area contributed by atoms with Crippen molar-refractivity contribution in [2.24, 2.45) is 0 Å². The summed E-state index contributed by atoms with van der Waals surface area (Å²) in [5.74, 6) is -0.241. The van der Waals surface area contributed by atoms with Gasteiger partial charge in [-0.2, -0.15) is 4.31 Å². The molecule has 2 heterocycles. The van der Waals surface area contributed by atoms with Crippen LogP contribution in [0.4, 0.5) is 0 Å². The van der Waals surface area contributed by atoms with Crippen LogP contribution in [-0.2, 0) is 21.4 Å². The van der Waals surface area contributed by atoms with Crippen LogP contribution < -0.4 is 5.32 Å². The summed E-state index contributed by atoms with van der Waals surface area (Å²) in [7, 11) is -3.62. The first-order valence-corrected chi connectivity index (χ1v) is 11.0. The predicted octanol–water partition coefficient (Wildman–Crippen LogP) is 3.29. The first-order valence-electron chi connectivity index (χ1n) is 7.98. The van der Waals surface area contributed by atoms with E-state index < -0.39 is 16.1 Å². The molecule has 3 rings (SSSR count). The molecule has 0 aliphatic carbocycles. The Bertz CT molecular complexity index is 880. The third kappa shape index (κ3) is 4.13. The number of thiophene rings is 1. The quantitative estimate of drug-likeness (QED) is 0.772. The van der Waals surface area contributed by atoms with E-state index in [0.29, 0.717) is 30.1 Å². The molecule has 5 nitrogen and oxygen atoms in total. The fraction of sp³-hybridized carbons (Fsp3) is 0.353. The molecule has 0 unspecified atom stereocenters. The molecule has 0 bridgehead atoms. The molecule has 0 spiro atoms. The van der Waals surface area contributed by atoms with Crippen molar-refractivity contribution in [3.05, 3.63) is 51.3 Å². The van der Waals surface area contributed by atoms with Crippen molar-refractivity contribution in [3.8, 4) is 0 Å². The second-order valence-electron chi connectivity index (χ2n) is 5.99. The molecule has 1 aliphatic rings. The number of amides is 1. The minimum atomic E-state index is -3.62. The average Bonchev–Trinajstić information content (AvgIpc) is 3.22. The Balaban J connectivity index is 1.71. The number of benzene rings is 1. The molecule has 1 atom stereocenters. The highest BCUT2D eigenvalue weighted by atomic mass is 79.9. The minimum Gasteiger partial charge on any atom is -0.351 e. The van der Waals surface area contributed by atoms with Gasteiger partial charge < -0.3 is 5.32 Å². The van der Waals surface area contributed by atoms with E-state index in [9.17, 15) is 13.2 Å². The number of nitrogens with zero attached hydrogens (tertiary/aromatic N) is 1. The molecule has 1 aromatic heterocycles. The van der Waals surface area contributed by atoms with Gasteiger partial charge in [-0.05, 0) is 49.6 Å². The van der Waals surface area contributed by atoms with Crippen LogP contribution in [0.1, 0.15) is 23.3 Å². The molecule has 0 radical (unpaired) electrons. The molecule has 1 aromatic carbocycles. The van der Waals surface area contributed by atoms with E-state index in [1.165, 1.54) is 15.6 Å². The topological polar surface area (TPSA) is 66.5 Å². The molecule has 1 saturated heterocycles. The molecule has 8 heteroatoms. The SMILES string of the molecule is Cc1ccc(S(=O)(=O)N2CCC[C@@H]2C(=O)NCc2cccc(Br)c2)s1. The van der Waals surface area contributed by atoms with Crippen molar-refractivity contribution in [2.45, 2.75) is 36.6 Å². The van der Waals surface area contributed by atoms with Gasteiger partial charge in [0.05, 0.1) is 0 Å². The Labute approximate surface area is 160 Å². The summed E-state index contributed by atoms with van der Waals surface area (Å²) in [5, 5.41) is 2.86. The van der Waals surface area contributed by atoms with Crippen LogP contribution in [0.3, 0.4) is 0 Å². The van der Waals surface area contributed by atoms with Crippen LogP contribution in [0.2, 0.25) is 0 Å².